The first-order valence-corrected chi connectivity index (χ1v) is 6.58. The van der Waals surface area contributed by atoms with Gasteiger partial charge in [-0.2, -0.15) is 0 Å². The summed E-state index contributed by atoms with van der Waals surface area (Å²) in [6, 6.07) is 9.84. The summed E-state index contributed by atoms with van der Waals surface area (Å²) >= 11 is 0. The predicted molar refractivity (Wildman–Crippen MR) is 78.5 cm³/mol. The first-order chi connectivity index (χ1) is 10.0. The third kappa shape index (κ3) is 3.60. The van der Waals surface area contributed by atoms with Gasteiger partial charge in [-0.1, -0.05) is 0 Å². The molecule has 0 N–H and O–H groups in total. The highest BCUT2D eigenvalue weighted by Gasteiger charge is 2.08. The molecule has 0 heterocycles. The van der Waals surface area contributed by atoms with Crippen LogP contribution >= 0.6 is 0 Å². The van der Waals surface area contributed by atoms with Crippen molar-refractivity contribution in [3.05, 3.63) is 58.9 Å². The molecule has 0 aliphatic rings. The van der Waals surface area contributed by atoms with Crippen LogP contribution in [0.3, 0.4) is 0 Å². The Bertz CT molecular complexity index is 665. The van der Waals surface area contributed by atoms with Gasteiger partial charge in [0.05, 0.1) is 7.11 Å². The smallest absolute Gasteiger partial charge is 0.159 e. The minimum Gasteiger partial charge on any atom is -0.497 e. The Morgan fingerprint density at radius 3 is 2.52 bits per heavy atom. The van der Waals surface area contributed by atoms with Crippen LogP contribution in [-0.2, 0) is 6.61 Å². The molecule has 21 heavy (non-hydrogen) atoms. The molecule has 0 saturated carbocycles. The SMILES string of the molecule is COc1ccc(COc2ccc(C(C)=O)cc2C)c(F)c1. The lowest BCUT2D eigenvalue weighted by Crippen LogP contribution is -2.01. The van der Waals surface area contributed by atoms with E-state index in [0.717, 1.165) is 5.56 Å². The Balaban J connectivity index is 2.11. The molecule has 0 aromatic heterocycles. The van der Waals surface area contributed by atoms with E-state index in [2.05, 4.69) is 0 Å². The van der Waals surface area contributed by atoms with Crippen molar-refractivity contribution in [2.24, 2.45) is 0 Å². The van der Waals surface area contributed by atoms with Crippen molar-refractivity contribution < 1.29 is 18.7 Å². The van der Waals surface area contributed by atoms with E-state index in [1.54, 1.807) is 30.3 Å². The molecule has 0 aliphatic heterocycles. The van der Waals surface area contributed by atoms with E-state index < -0.39 is 0 Å². The lowest BCUT2D eigenvalue weighted by molar-refractivity contribution is 0.101. The van der Waals surface area contributed by atoms with Gasteiger partial charge in [0.2, 0.25) is 0 Å². The predicted octanol–water partition coefficient (Wildman–Crippen LogP) is 3.92. The summed E-state index contributed by atoms with van der Waals surface area (Å²) in [5.41, 5.74) is 1.93. The highest BCUT2D eigenvalue weighted by atomic mass is 19.1. The van der Waals surface area contributed by atoms with Gasteiger partial charge in [0.15, 0.2) is 5.78 Å². The van der Waals surface area contributed by atoms with Crippen LogP contribution in [0.1, 0.15) is 28.4 Å². The molecule has 0 aliphatic carbocycles. The molecule has 2 rings (SSSR count). The number of carbonyl (C=O) groups is 1. The zero-order valence-corrected chi connectivity index (χ0v) is 12.3. The minimum absolute atomic E-state index is 0.00542. The fourth-order valence-electron chi connectivity index (χ4n) is 1.96. The fourth-order valence-corrected chi connectivity index (χ4v) is 1.96. The second kappa shape index (κ2) is 6.39. The molecule has 0 radical (unpaired) electrons. The molecule has 110 valence electrons. The van der Waals surface area contributed by atoms with Crippen molar-refractivity contribution in [1.82, 2.24) is 0 Å². The van der Waals surface area contributed by atoms with Crippen LogP contribution in [0, 0.1) is 12.7 Å². The Kier molecular flexibility index (Phi) is 4.58. The summed E-state index contributed by atoms with van der Waals surface area (Å²) in [4.78, 5) is 11.3. The van der Waals surface area contributed by atoms with Gasteiger partial charge in [-0.15, -0.1) is 0 Å². The summed E-state index contributed by atoms with van der Waals surface area (Å²) in [7, 11) is 1.49. The molecule has 2 aromatic carbocycles. The van der Waals surface area contributed by atoms with Crippen LogP contribution in [0.25, 0.3) is 0 Å². The highest BCUT2D eigenvalue weighted by Crippen LogP contribution is 2.22. The van der Waals surface area contributed by atoms with Crippen LogP contribution in [0.5, 0.6) is 11.5 Å². The van der Waals surface area contributed by atoms with Crippen molar-refractivity contribution in [2.75, 3.05) is 7.11 Å². The van der Waals surface area contributed by atoms with Crippen molar-refractivity contribution in [3.63, 3.8) is 0 Å². The second-order valence-corrected chi connectivity index (χ2v) is 4.78. The summed E-state index contributed by atoms with van der Waals surface area (Å²) in [5, 5.41) is 0. The van der Waals surface area contributed by atoms with E-state index in [0.29, 0.717) is 22.6 Å². The Labute approximate surface area is 123 Å². The minimum atomic E-state index is -0.368. The van der Waals surface area contributed by atoms with Gasteiger partial charge >= 0.3 is 0 Å². The number of ketones is 1. The number of carbonyl (C=O) groups excluding carboxylic acids is 1. The zero-order chi connectivity index (χ0) is 15.4. The maximum Gasteiger partial charge on any atom is 0.159 e. The van der Waals surface area contributed by atoms with E-state index in [9.17, 15) is 9.18 Å². The van der Waals surface area contributed by atoms with Gasteiger partial charge in [-0.25, -0.2) is 4.39 Å². The van der Waals surface area contributed by atoms with E-state index in [1.165, 1.54) is 20.1 Å². The van der Waals surface area contributed by atoms with Crippen molar-refractivity contribution in [2.45, 2.75) is 20.5 Å². The molecular formula is C17H17FO3. The van der Waals surface area contributed by atoms with Crippen LogP contribution in [-0.4, -0.2) is 12.9 Å². The number of hydrogen-bond donors (Lipinski definition) is 0. The summed E-state index contributed by atoms with van der Waals surface area (Å²) < 4.78 is 24.4. The van der Waals surface area contributed by atoms with Crippen LogP contribution in [0.15, 0.2) is 36.4 Å². The molecule has 0 spiro atoms. The quantitative estimate of drug-likeness (QED) is 0.782. The maximum absolute atomic E-state index is 13.8. The summed E-state index contributed by atoms with van der Waals surface area (Å²) in [6.45, 7) is 3.49. The van der Waals surface area contributed by atoms with Crippen LogP contribution in [0.4, 0.5) is 4.39 Å². The van der Waals surface area contributed by atoms with Crippen LogP contribution in [0.2, 0.25) is 0 Å². The number of benzene rings is 2. The largest absolute Gasteiger partial charge is 0.497 e. The van der Waals surface area contributed by atoms with Crippen molar-refractivity contribution >= 4 is 5.78 Å². The number of hydrogen-bond acceptors (Lipinski definition) is 3. The van der Waals surface area contributed by atoms with Gasteiger partial charge in [0.1, 0.15) is 23.9 Å². The zero-order valence-electron chi connectivity index (χ0n) is 12.3. The van der Waals surface area contributed by atoms with Gasteiger partial charge in [-0.05, 0) is 49.7 Å². The Hall–Kier alpha value is -2.36. The molecule has 3 nitrogen and oxygen atoms in total. The first-order valence-electron chi connectivity index (χ1n) is 6.58. The van der Waals surface area contributed by atoms with E-state index in [-0.39, 0.29) is 18.2 Å². The van der Waals surface area contributed by atoms with Gasteiger partial charge in [0, 0.05) is 17.2 Å². The number of methoxy groups -OCH3 is 1. The second-order valence-electron chi connectivity index (χ2n) is 4.78. The standard InChI is InChI=1S/C17H17FO3/c1-11-8-13(12(2)19)5-7-17(11)21-10-14-4-6-15(20-3)9-16(14)18/h4-9H,10H2,1-3H3. The number of aryl methyl sites for hydroxylation is 1. The molecule has 0 unspecified atom stereocenters. The van der Waals surface area contributed by atoms with Gasteiger partial charge in [0.25, 0.3) is 0 Å². The number of Topliss-reactive ketones (excluding diaryl/α,β-unsaturated/α-hetero) is 1. The van der Waals surface area contributed by atoms with Gasteiger partial charge in [-0.3, -0.25) is 4.79 Å². The number of ether oxygens (including phenoxy) is 2. The van der Waals surface area contributed by atoms with Crippen LogP contribution < -0.4 is 9.47 Å². The lowest BCUT2D eigenvalue weighted by atomic mass is 10.1. The fraction of sp³-hybridized carbons (Fsp3) is 0.235. The maximum atomic E-state index is 13.8. The van der Waals surface area contributed by atoms with E-state index >= 15 is 0 Å². The topological polar surface area (TPSA) is 35.5 Å². The van der Waals surface area contributed by atoms with Crippen molar-refractivity contribution in [3.8, 4) is 11.5 Å². The summed E-state index contributed by atoms with van der Waals surface area (Å²) in [5.74, 6) is 0.742. The Morgan fingerprint density at radius 2 is 1.95 bits per heavy atom. The first kappa shape index (κ1) is 15.0. The van der Waals surface area contributed by atoms with E-state index in [4.69, 9.17) is 9.47 Å². The summed E-state index contributed by atoms with van der Waals surface area (Å²) in [6.07, 6.45) is 0. The molecule has 0 bridgehead atoms. The van der Waals surface area contributed by atoms with Crippen molar-refractivity contribution in [1.29, 1.82) is 0 Å². The monoisotopic (exact) mass is 288 g/mol. The molecular weight excluding hydrogens is 271 g/mol. The number of halogens is 1. The lowest BCUT2D eigenvalue weighted by Gasteiger charge is -2.11. The normalized spacial score (nSPS) is 10.3. The van der Waals surface area contributed by atoms with E-state index in [1.807, 2.05) is 6.92 Å². The third-order valence-corrected chi connectivity index (χ3v) is 3.22. The molecule has 0 atom stereocenters. The number of rotatable bonds is 5. The molecule has 0 amide bonds. The molecule has 2 aromatic rings. The molecule has 0 fully saturated rings. The highest BCUT2D eigenvalue weighted by molar-refractivity contribution is 5.94. The Morgan fingerprint density at radius 1 is 1.19 bits per heavy atom. The third-order valence-electron chi connectivity index (χ3n) is 3.22. The average molecular weight is 288 g/mol. The molecule has 4 heteroatoms. The average Bonchev–Trinajstić information content (AvgIpc) is 2.46. The van der Waals surface area contributed by atoms with Gasteiger partial charge < -0.3 is 9.47 Å². The molecule has 0 saturated heterocycles.